The first kappa shape index (κ1) is 12.6. The summed E-state index contributed by atoms with van der Waals surface area (Å²) >= 11 is 0. The molecule has 1 aromatic rings. The summed E-state index contributed by atoms with van der Waals surface area (Å²) in [5, 5.41) is 18.3. The molecule has 1 aromatic carbocycles. The number of amides is 3. The van der Waals surface area contributed by atoms with Crippen molar-refractivity contribution >= 4 is 17.8 Å². The molecule has 0 unspecified atom stereocenters. The van der Waals surface area contributed by atoms with Crippen molar-refractivity contribution in [3.8, 4) is 5.75 Å². The van der Waals surface area contributed by atoms with E-state index in [0.29, 0.717) is 31.9 Å². The molecule has 3 rings (SSSR count). The Kier molecular flexibility index (Phi) is 2.89. The topological polar surface area (TPSA) is 84.3 Å². The van der Waals surface area contributed by atoms with Gasteiger partial charge < -0.3 is 20.0 Å². The van der Waals surface area contributed by atoms with E-state index in [0.717, 1.165) is 0 Å². The number of piperazine rings is 1. The summed E-state index contributed by atoms with van der Waals surface area (Å²) in [4.78, 5) is 28.0. The Balaban J connectivity index is 1.79. The molecule has 2 fully saturated rings. The number of urea groups is 1. The van der Waals surface area contributed by atoms with Crippen LogP contribution in [0.5, 0.6) is 5.75 Å². The minimum Gasteiger partial charge on any atom is -0.508 e. The summed E-state index contributed by atoms with van der Waals surface area (Å²) in [5.74, 6) is 0.148. The molecule has 0 saturated carbocycles. The van der Waals surface area contributed by atoms with Crippen LogP contribution in [0.3, 0.4) is 0 Å². The minimum absolute atomic E-state index is 0.106. The molecule has 2 aliphatic heterocycles. The number of anilines is 1. The zero-order chi connectivity index (χ0) is 14.3. The van der Waals surface area contributed by atoms with Crippen molar-refractivity contribution in [1.29, 1.82) is 0 Å². The number of rotatable bonds is 1. The van der Waals surface area contributed by atoms with E-state index in [1.165, 1.54) is 17.0 Å². The number of carboxylic acid groups (broad SMARTS) is 1. The number of aromatic hydroxyl groups is 1. The highest BCUT2D eigenvalue weighted by molar-refractivity contribution is 5.95. The van der Waals surface area contributed by atoms with E-state index in [2.05, 4.69) is 0 Å². The number of hydrogen-bond donors (Lipinski definition) is 2. The first-order valence-corrected chi connectivity index (χ1v) is 6.41. The molecular formula is C13H15N3O4. The van der Waals surface area contributed by atoms with Crippen LogP contribution in [0.15, 0.2) is 24.3 Å². The largest absolute Gasteiger partial charge is 0.508 e. The van der Waals surface area contributed by atoms with Gasteiger partial charge in [-0.1, -0.05) is 0 Å². The van der Waals surface area contributed by atoms with Gasteiger partial charge in [0.15, 0.2) is 0 Å². The number of benzene rings is 1. The lowest BCUT2D eigenvalue weighted by atomic mass is 10.2. The van der Waals surface area contributed by atoms with Crippen LogP contribution >= 0.6 is 0 Å². The van der Waals surface area contributed by atoms with Crippen LogP contribution in [0.25, 0.3) is 0 Å². The Hall–Kier alpha value is -2.44. The zero-order valence-electron chi connectivity index (χ0n) is 10.8. The molecule has 3 amide bonds. The third-order valence-corrected chi connectivity index (χ3v) is 3.78. The monoisotopic (exact) mass is 277 g/mol. The zero-order valence-corrected chi connectivity index (χ0v) is 10.8. The number of hydrogen-bond acceptors (Lipinski definition) is 3. The molecule has 0 aromatic heterocycles. The molecule has 106 valence electrons. The Bertz CT molecular complexity index is 545. The first-order valence-electron chi connectivity index (χ1n) is 6.41. The van der Waals surface area contributed by atoms with E-state index in [1.807, 2.05) is 0 Å². The highest BCUT2D eigenvalue weighted by atomic mass is 16.4. The quantitative estimate of drug-likeness (QED) is 0.802. The number of carbonyl (C=O) groups is 2. The molecule has 0 radical (unpaired) electrons. The molecule has 0 spiro atoms. The molecule has 7 nitrogen and oxygen atoms in total. The Morgan fingerprint density at radius 3 is 2.50 bits per heavy atom. The summed E-state index contributed by atoms with van der Waals surface area (Å²) in [6.45, 7) is 1.58. The van der Waals surface area contributed by atoms with Crippen molar-refractivity contribution in [3.63, 3.8) is 0 Å². The van der Waals surface area contributed by atoms with Crippen molar-refractivity contribution in [3.05, 3.63) is 24.3 Å². The summed E-state index contributed by atoms with van der Waals surface area (Å²) in [6, 6.07) is 6.21. The van der Waals surface area contributed by atoms with E-state index < -0.39 is 6.09 Å². The fourth-order valence-corrected chi connectivity index (χ4v) is 2.73. The predicted molar refractivity (Wildman–Crippen MR) is 70.9 cm³/mol. The van der Waals surface area contributed by atoms with Gasteiger partial charge in [-0.25, -0.2) is 9.59 Å². The molecule has 2 N–H and O–H groups in total. The number of carbonyl (C=O) groups excluding carboxylic acids is 1. The van der Waals surface area contributed by atoms with E-state index in [-0.39, 0.29) is 17.8 Å². The van der Waals surface area contributed by atoms with Crippen molar-refractivity contribution in [1.82, 2.24) is 9.80 Å². The summed E-state index contributed by atoms with van der Waals surface area (Å²) in [5.41, 5.74) is 0.712. The lowest BCUT2D eigenvalue weighted by Gasteiger charge is -2.34. The second-order valence-corrected chi connectivity index (χ2v) is 4.99. The second kappa shape index (κ2) is 4.59. The SMILES string of the molecule is O=C(O)N1CCN2C(=O)N(c3ccc(O)cc3)C[C@@H]2C1. The third kappa shape index (κ3) is 2.01. The molecule has 1 atom stereocenters. The lowest BCUT2D eigenvalue weighted by molar-refractivity contribution is 0.0997. The Morgan fingerprint density at radius 2 is 1.85 bits per heavy atom. The van der Waals surface area contributed by atoms with Gasteiger partial charge >= 0.3 is 12.1 Å². The average molecular weight is 277 g/mol. The van der Waals surface area contributed by atoms with Crippen molar-refractivity contribution in [2.24, 2.45) is 0 Å². The van der Waals surface area contributed by atoms with Crippen LogP contribution in [0.4, 0.5) is 15.3 Å². The fraction of sp³-hybridized carbons (Fsp3) is 0.385. The number of nitrogens with zero attached hydrogens (tertiary/aromatic N) is 3. The summed E-state index contributed by atoms with van der Waals surface area (Å²) < 4.78 is 0. The van der Waals surface area contributed by atoms with Crippen LogP contribution in [-0.2, 0) is 0 Å². The first-order chi connectivity index (χ1) is 9.56. The van der Waals surface area contributed by atoms with Gasteiger partial charge in [-0.15, -0.1) is 0 Å². The fourth-order valence-electron chi connectivity index (χ4n) is 2.73. The molecule has 7 heteroatoms. The van der Waals surface area contributed by atoms with Gasteiger partial charge in [0.2, 0.25) is 0 Å². The maximum Gasteiger partial charge on any atom is 0.407 e. The van der Waals surface area contributed by atoms with E-state index in [4.69, 9.17) is 5.11 Å². The van der Waals surface area contributed by atoms with E-state index in [1.54, 1.807) is 21.9 Å². The van der Waals surface area contributed by atoms with Crippen LogP contribution in [0.2, 0.25) is 0 Å². The van der Waals surface area contributed by atoms with Crippen LogP contribution in [-0.4, -0.2) is 64.4 Å². The average Bonchev–Trinajstić information content (AvgIpc) is 2.76. The van der Waals surface area contributed by atoms with Gasteiger partial charge in [-0.2, -0.15) is 0 Å². The van der Waals surface area contributed by atoms with Crippen molar-refractivity contribution in [2.45, 2.75) is 6.04 Å². The summed E-state index contributed by atoms with van der Waals surface area (Å²) in [7, 11) is 0. The van der Waals surface area contributed by atoms with Crippen molar-refractivity contribution in [2.75, 3.05) is 31.1 Å². The van der Waals surface area contributed by atoms with Crippen molar-refractivity contribution < 1.29 is 19.8 Å². The highest BCUT2D eigenvalue weighted by Crippen LogP contribution is 2.27. The lowest BCUT2D eigenvalue weighted by Crippen LogP contribution is -2.53. The highest BCUT2D eigenvalue weighted by Gasteiger charge is 2.42. The molecule has 2 aliphatic rings. The van der Waals surface area contributed by atoms with Gasteiger partial charge in [0, 0.05) is 31.9 Å². The molecular weight excluding hydrogens is 262 g/mol. The molecule has 0 aliphatic carbocycles. The smallest absolute Gasteiger partial charge is 0.407 e. The Morgan fingerprint density at radius 1 is 1.15 bits per heavy atom. The van der Waals surface area contributed by atoms with Crippen LogP contribution < -0.4 is 4.90 Å². The van der Waals surface area contributed by atoms with Gasteiger partial charge in [-0.05, 0) is 24.3 Å². The van der Waals surface area contributed by atoms with Crippen LogP contribution in [0.1, 0.15) is 0 Å². The number of phenolic OH excluding ortho intramolecular Hbond substituents is 1. The van der Waals surface area contributed by atoms with Gasteiger partial charge in [-0.3, -0.25) is 4.90 Å². The molecule has 2 heterocycles. The van der Waals surface area contributed by atoms with Crippen LogP contribution in [0, 0.1) is 0 Å². The number of phenols is 1. The molecule has 0 bridgehead atoms. The van der Waals surface area contributed by atoms with E-state index >= 15 is 0 Å². The molecule has 20 heavy (non-hydrogen) atoms. The minimum atomic E-state index is -0.944. The normalized spacial score (nSPS) is 22.1. The maximum absolute atomic E-state index is 12.3. The van der Waals surface area contributed by atoms with E-state index in [9.17, 15) is 14.7 Å². The third-order valence-electron chi connectivity index (χ3n) is 3.78. The van der Waals surface area contributed by atoms with Gasteiger partial charge in [0.1, 0.15) is 5.75 Å². The summed E-state index contributed by atoms with van der Waals surface area (Å²) in [6.07, 6.45) is -0.944. The maximum atomic E-state index is 12.3. The predicted octanol–water partition coefficient (Wildman–Crippen LogP) is 0.996. The van der Waals surface area contributed by atoms with Gasteiger partial charge in [0.25, 0.3) is 0 Å². The Labute approximate surface area is 115 Å². The second-order valence-electron chi connectivity index (χ2n) is 4.99. The number of fused-ring (bicyclic) bond motifs is 1. The standard InChI is InChI=1S/C13H15N3O4/c17-11-3-1-9(2-4-11)16-8-10-7-14(13(19)20)5-6-15(10)12(16)18/h1-4,10,17H,5-8H2,(H,19,20)/t10-/m0/s1. The van der Waals surface area contributed by atoms with Gasteiger partial charge in [0.05, 0.1) is 6.04 Å². The molecule has 2 saturated heterocycles.